The molecular weight excluding hydrogens is 355 g/mol. The molecule has 0 unspecified atom stereocenters. The molecule has 1 heteroatoms. The van der Waals surface area contributed by atoms with Gasteiger partial charge >= 0.3 is 0 Å². The lowest BCUT2D eigenvalue weighted by atomic mass is 9.94. The Labute approximate surface area is 172 Å². The third-order valence-electron chi connectivity index (χ3n) is 5.37. The summed E-state index contributed by atoms with van der Waals surface area (Å²) in [6, 6.07) is 18.3. The van der Waals surface area contributed by atoms with Gasteiger partial charge in [-0.05, 0) is 59.2 Å². The van der Waals surface area contributed by atoms with Crippen molar-refractivity contribution >= 4 is 18.8 Å². The topological polar surface area (TPSA) is 0 Å². The van der Waals surface area contributed by atoms with Gasteiger partial charge in [-0.15, -0.1) is 0 Å². The van der Waals surface area contributed by atoms with Crippen LogP contribution in [0.2, 0.25) is 0 Å². The SMILES string of the molecule is Cc1ccc(C(C2=CC=CC2)=C(c2ccc(C)cc2)P(C(C)C)C(C)C)cc1. The van der Waals surface area contributed by atoms with Crippen LogP contribution in [0, 0.1) is 13.8 Å². The van der Waals surface area contributed by atoms with Crippen LogP contribution in [0.1, 0.15) is 56.4 Å². The van der Waals surface area contributed by atoms with E-state index in [-0.39, 0.29) is 7.92 Å². The first-order valence-corrected chi connectivity index (χ1v) is 11.9. The molecular formula is C27H33P. The van der Waals surface area contributed by atoms with Crippen molar-refractivity contribution in [2.24, 2.45) is 0 Å². The van der Waals surface area contributed by atoms with Crippen molar-refractivity contribution in [2.75, 3.05) is 0 Å². The van der Waals surface area contributed by atoms with Crippen LogP contribution in [0.4, 0.5) is 0 Å². The van der Waals surface area contributed by atoms with Gasteiger partial charge in [-0.1, -0.05) is 114 Å². The number of hydrogen-bond acceptors (Lipinski definition) is 0. The van der Waals surface area contributed by atoms with Gasteiger partial charge in [-0.3, -0.25) is 0 Å². The quantitative estimate of drug-likeness (QED) is 0.344. The van der Waals surface area contributed by atoms with Gasteiger partial charge in [0.15, 0.2) is 0 Å². The fourth-order valence-electron chi connectivity index (χ4n) is 4.07. The van der Waals surface area contributed by atoms with Gasteiger partial charge in [-0.25, -0.2) is 0 Å². The van der Waals surface area contributed by atoms with Gasteiger partial charge < -0.3 is 0 Å². The first-order valence-electron chi connectivity index (χ1n) is 10.4. The molecule has 0 bridgehead atoms. The van der Waals surface area contributed by atoms with E-state index in [1.165, 1.54) is 33.4 Å². The molecule has 2 aromatic rings. The maximum absolute atomic E-state index is 2.40. The lowest BCUT2D eigenvalue weighted by Gasteiger charge is -2.32. The average molecular weight is 389 g/mol. The Morgan fingerprint density at radius 3 is 1.68 bits per heavy atom. The molecule has 2 aromatic carbocycles. The zero-order valence-corrected chi connectivity index (χ0v) is 19.1. The minimum absolute atomic E-state index is 0.304. The van der Waals surface area contributed by atoms with Gasteiger partial charge in [0, 0.05) is 0 Å². The second-order valence-electron chi connectivity index (χ2n) is 8.37. The van der Waals surface area contributed by atoms with E-state index in [2.05, 4.69) is 108 Å². The fraction of sp³-hybridized carbons (Fsp3) is 0.333. The van der Waals surface area contributed by atoms with E-state index in [1.807, 2.05) is 0 Å². The maximum atomic E-state index is 2.40. The molecule has 3 rings (SSSR count). The van der Waals surface area contributed by atoms with Gasteiger partial charge in [-0.2, -0.15) is 0 Å². The van der Waals surface area contributed by atoms with Crippen LogP contribution in [-0.2, 0) is 0 Å². The molecule has 0 fully saturated rings. The summed E-state index contributed by atoms with van der Waals surface area (Å²) in [6.45, 7) is 13.9. The smallest absolute Gasteiger partial charge is 0.00655 e. The van der Waals surface area contributed by atoms with Crippen molar-refractivity contribution in [1.29, 1.82) is 0 Å². The minimum atomic E-state index is -0.304. The second-order valence-corrected chi connectivity index (χ2v) is 11.7. The molecule has 0 aliphatic heterocycles. The third kappa shape index (κ3) is 4.56. The third-order valence-corrected chi connectivity index (χ3v) is 8.59. The number of benzene rings is 2. The van der Waals surface area contributed by atoms with Crippen LogP contribution in [0.5, 0.6) is 0 Å². The molecule has 0 amide bonds. The Hall–Kier alpha value is -1.91. The summed E-state index contributed by atoms with van der Waals surface area (Å²) in [4.78, 5) is 0. The first-order chi connectivity index (χ1) is 13.4. The highest BCUT2D eigenvalue weighted by atomic mass is 31.1. The van der Waals surface area contributed by atoms with E-state index in [4.69, 9.17) is 0 Å². The predicted octanol–water partition coefficient (Wildman–Crippen LogP) is 8.36. The standard InChI is InChI=1S/C27H33P/c1-19(2)28(20(3)4)27(25-17-13-22(6)14-18-25)26(23-9-7-8-10-23)24-15-11-21(5)12-16-24/h7-9,11-20H,10H2,1-6H3. The molecule has 0 heterocycles. The normalized spacial score (nSPS) is 14.8. The first kappa shape index (κ1) is 20.8. The number of aryl methyl sites for hydroxylation is 2. The largest absolute Gasteiger partial charge is 0.0801 e. The van der Waals surface area contributed by atoms with Crippen LogP contribution >= 0.6 is 7.92 Å². The van der Waals surface area contributed by atoms with Crippen molar-refractivity contribution in [3.05, 3.63) is 94.6 Å². The number of hydrogen-bond donors (Lipinski definition) is 0. The Morgan fingerprint density at radius 1 is 0.750 bits per heavy atom. The summed E-state index contributed by atoms with van der Waals surface area (Å²) in [7, 11) is -0.304. The average Bonchev–Trinajstić information content (AvgIpc) is 3.17. The van der Waals surface area contributed by atoms with Crippen LogP contribution in [0.25, 0.3) is 10.9 Å². The molecule has 0 saturated carbocycles. The van der Waals surface area contributed by atoms with Crippen molar-refractivity contribution in [2.45, 2.75) is 59.3 Å². The molecule has 0 nitrogen and oxygen atoms in total. The molecule has 0 aromatic heterocycles. The Morgan fingerprint density at radius 2 is 1.25 bits per heavy atom. The lowest BCUT2D eigenvalue weighted by Crippen LogP contribution is -2.08. The molecule has 1 aliphatic rings. The van der Waals surface area contributed by atoms with Crippen molar-refractivity contribution in [3.8, 4) is 0 Å². The maximum Gasteiger partial charge on any atom is -0.00655 e. The number of rotatable bonds is 6. The Balaban J connectivity index is 2.34. The minimum Gasteiger partial charge on any atom is -0.0801 e. The van der Waals surface area contributed by atoms with E-state index in [0.29, 0.717) is 11.3 Å². The number of allylic oxidation sites excluding steroid dienone is 5. The second kappa shape index (κ2) is 9.06. The molecule has 0 radical (unpaired) electrons. The zero-order valence-electron chi connectivity index (χ0n) is 18.2. The Kier molecular flexibility index (Phi) is 6.73. The molecule has 0 N–H and O–H groups in total. The summed E-state index contributed by atoms with van der Waals surface area (Å²) < 4.78 is 0. The van der Waals surface area contributed by atoms with E-state index in [1.54, 1.807) is 5.31 Å². The summed E-state index contributed by atoms with van der Waals surface area (Å²) in [5.74, 6) is 0. The van der Waals surface area contributed by atoms with Gasteiger partial charge in [0.2, 0.25) is 0 Å². The van der Waals surface area contributed by atoms with Crippen LogP contribution in [-0.4, -0.2) is 11.3 Å². The summed E-state index contributed by atoms with van der Waals surface area (Å²) in [5, 5.41) is 1.57. The van der Waals surface area contributed by atoms with Crippen LogP contribution in [0.15, 0.2) is 72.3 Å². The van der Waals surface area contributed by atoms with E-state index in [0.717, 1.165) is 6.42 Å². The van der Waals surface area contributed by atoms with Crippen molar-refractivity contribution < 1.29 is 0 Å². The fourth-order valence-corrected chi connectivity index (χ4v) is 7.28. The van der Waals surface area contributed by atoms with Gasteiger partial charge in [0.1, 0.15) is 0 Å². The zero-order chi connectivity index (χ0) is 20.3. The van der Waals surface area contributed by atoms with Crippen molar-refractivity contribution in [1.82, 2.24) is 0 Å². The van der Waals surface area contributed by atoms with E-state index in [9.17, 15) is 0 Å². The summed E-state index contributed by atoms with van der Waals surface area (Å²) >= 11 is 0. The molecule has 146 valence electrons. The summed E-state index contributed by atoms with van der Waals surface area (Å²) in [5.41, 5.74) is 9.57. The Bertz CT molecular complexity index is 882. The summed E-state index contributed by atoms with van der Waals surface area (Å²) in [6.07, 6.45) is 7.84. The predicted molar refractivity (Wildman–Crippen MR) is 128 cm³/mol. The highest BCUT2D eigenvalue weighted by molar-refractivity contribution is 7.70. The van der Waals surface area contributed by atoms with E-state index >= 15 is 0 Å². The molecule has 0 atom stereocenters. The highest BCUT2D eigenvalue weighted by Gasteiger charge is 2.27. The molecule has 28 heavy (non-hydrogen) atoms. The monoisotopic (exact) mass is 388 g/mol. The van der Waals surface area contributed by atoms with Crippen molar-refractivity contribution in [3.63, 3.8) is 0 Å². The van der Waals surface area contributed by atoms with Gasteiger partial charge in [0.25, 0.3) is 0 Å². The van der Waals surface area contributed by atoms with Crippen LogP contribution < -0.4 is 0 Å². The highest BCUT2D eigenvalue weighted by Crippen LogP contribution is 2.61. The van der Waals surface area contributed by atoms with Crippen LogP contribution in [0.3, 0.4) is 0 Å². The molecule has 0 saturated heterocycles. The molecule has 0 spiro atoms. The van der Waals surface area contributed by atoms with Gasteiger partial charge in [0.05, 0.1) is 0 Å². The molecule has 1 aliphatic carbocycles. The van der Waals surface area contributed by atoms with E-state index < -0.39 is 0 Å². The lowest BCUT2D eigenvalue weighted by molar-refractivity contribution is 1.02.